The molecule has 0 atom stereocenters. The third kappa shape index (κ3) is 3.85. The van der Waals surface area contributed by atoms with Crippen LogP contribution in [0, 0.1) is 13.8 Å². The molecule has 3 aromatic rings. The predicted octanol–water partition coefficient (Wildman–Crippen LogP) is 3.79. The number of H-pyrrole nitrogens is 1. The number of piperidine rings is 1. The van der Waals surface area contributed by atoms with Crippen LogP contribution in [-0.2, 0) is 0 Å². The molecule has 2 aromatic heterocycles. The third-order valence-corrected chi connectivity index (χ3v) is 5.57. The molecular formula is C19H22N6OS. The van der Waals surface area contributed by atoms with Gasteiger partial charge in [-0.2, -0.15) is 4.98 Å². The molecule has 1 aliphatic heterocycles. The number of nitrogens with zero attached hydrogens (tertiary/aromatic N) is 4. The molecule has 140 valence electrons. The Balaban J connectivity index is 1.46. The zero-order chi connectivity index (χ0) is 18.8. The second-order valence-corrected chi connectivity index (χ2v) is 7.70. The van der Waals surface area contributed by atoms with E-state index >= 15 is 0 Å². The molecule has 1 fully saturated rings. The monoisotopic (exact) mass is 382 g/mol. The van der Waals surface area contributed by atoms with Gasteiger partial charge in [-0.3, -0.25) is 10.1 Å². The standard InChI is InChI=1S/C19H22N6OS/c1-12-6-7-14(13(2)10-12)17-20-15(11-27-17)16(26)21-18-22-19(24-23-18)25-8-4-3-5-9-25/h6-7,10-11H,3-5,8-9H2,1-2H3,(H2,21,22,23,24,26). The normalized spacial score (nSPS) is 14.4. The van der Waals surface area contributed by atoms with Gasteiger partial charge < -0.3 is 4.90 Å². The maximum absolute atomic E-state index is 12.5. The minimum atomic E-state index is -0.288. The van der Waals surface area contributed by atoms with Crippen molar-refractivity contribution in [3.05, 3.63) is 40.4 Å². The van der Waals surface area contributed by atoms with Gasteiger partial charge in [-0.1, -0.05) is 23.8 Å². The number of thiazole rings is 1. The first-order chi connectivity index (χ1) is 13.1. The smallest absolute Gasteiger partial charge is 0.277 e. The van der Waals surface area contributed by atoms with Crippen LogP contribution in [0.3, 0.4) is 0 Å². The number of nitrogens with one attached hydrogen (secondary N) is 2. The highest BCUT2D eigenvalue weighted by atomic mass is 32.1. The number of carbonyl (C=O) groups excluding carboxylic acids is 1. The molecule has 0 aliphatic carbocycles. The molecule has 2 N–H and O–H groups in total. The second-order valence-electron chi connectivity index (χ2n) is 6.84. The quantitative estimate of drug-likeness (QED) is 0.717. The van der Waals surface area contributed by atoms with Crippen molar-refractivity contribution in [3.8, 4) is 10.6 Å². The highest BCUT2D eigenvalue weighted by Gasteiger charge is 2.18. The largest absolute Gasteiger partial charge is 0.340 e. The number of carbonyl (C=O) groups is 1. The second kappa shape index (κ2) is 7.48. The SMILES string of the molecule is Cc1ccc(-c2nc(C(=O)Nc3nc(N4CCCCC4)n[nH]3)cs2)c(C)c1. The number of aromatic nitrogens is 4. The fraction of sp³-hybridized carbons (Fsp3) is 0.368. The number of hydrogen-bond donors (Lipinski definition) is 2. The molecular weight excluding hydrogens is 360 g/mol. The van der Waals surface area contributed by atoms with Gasteiger partial charge >= 0.3 is 0 Å². The van der Waals surface area contributed by atoms with Crippen molar-refractivity contribution < 1.29 is 4.79 Å². The van der Waals surface area contributed by atoms with E-state index in [-0.39, 0.29) is 5.91 Å². The molecule has 1 amide bonds. The Morgan fingerprint density at radius 3 is 2.78 bits per heavy atom. The van der Waals surface area contributed by atoms with Gasteiger partial charge in [0.05, 0.1) is 0 Å². The van der Waals surface area contributed by atoms with Gasteiger partial charge in [0, 0.05) is 24.0 Å². The summed E-state index contributed by atoms with van der Waals surface area (Å²) in [7, 11) is 0. The van der Waals surface area contributed by atoms with E-state index in [1.54, 1.807) is 5.38 Å². The summed E-state index contributed by atoms with van der Waals surface area (Å²) < 4.78 is 0. The summed E-state index contributed by atoms with van der Waals surface area (Å²) in [5, 5.41) is 12.4. The fourth-order valence-corrected chi connectivity index (χ4v) is 4.16. The van der Waals surface area contributed by atoms with E-state index in [9.17, 15) is 4.79 Å². The molecule has 3 heterocycles. The molecule has 1 saturated heterocycles. The molecule has 0 saturated carbocycles. The highest BCUT2D eigenvalue weighted by Crippen LogP contribution is 2.27. The molecule has 4 rings (SSSR count). The Morgan fingerprint density at radius 2 is 2.00 bits per heavy atom. The maximum Gasteiger partial charge on any atom is 0.277 e. The van der Waals surface area contributed by atoms with Crippen molar-refractivity contribution in [2.45, 2.75) is 33.1 Å². The predicted molar refractivity (Wildman–Crippen MR) is 107 cm³/mol. The van der Waals surface area contributed by atoms with E-state index in [1.807, 2.05) is 6.07 Å². The van der Waals surface area contributed by atoms with E-state index in [1.165, 1.54) is 23.3 Å². The number of anilines is 2. The van der Waals surface area contributed by atoms with Crippen LogP contribution in [0.2, 0.25) is 0 Å². The van der Waals surface area contributed by atoms with Crippen molar-refractivity contribution in [1.29, 1.82) is 0 Å². The van der Waals surface area contributed by atoms with Gasteiger partial charge in [-0.05, 0) is 38.7 Å². The average molecular weight is 382 g/mol. The zero-order valence-corrected chi connectivity index (χ0v) is 16.3. The van der Waals surface area contributed by atoms with Crippen LogP contribution in [0.4, 0.5) is 11.9 Å². The molecule has 1 aliphatic rings. The summed E-state index contributed by atoms with van der Waals surface area (Å²) in [6.07, 6.45) is 3.55. The van der Waals surface area contributed by atoms with Gasteiger partial charge in [0.1, 0.15) is 10.7 Å². The fourth-order valence-electron chi connectivity index (χ4n) is 3.27. The summed E-state index contributed by atoms with van der Waals surface area (Å²) in [6, 6.07) is 6.22. The Labute approximate surface area is 161 Å². The van der Waals surface area contributed by atoms with E-state index in [2.05, 4.69) is 56.4 Å². The van der Waals surface area contributed by atoms with Crippen molar-refractivity contribution in [2.75, 3.05) is 23.3 Å². The van der Waals surface area contributed by atoms with Crippen LogP contribution < -0.4 is 10.2 Å². The van der Waals surface area contributed by atoms with Crippen molar-refractivity contribution in [1.82, 2.24) is 20.2 Å². The summed E-state index contributed by atoms with van der Waals surface area (Å²) in [5.41, 5.74) is 3.79. The number of benzene rings is 1. The van der Waals surface area contributed by atoms with Crippen LogP contribution in [0.15, 0.2) is 23.6 Å². The molecule has 1 aromatic carbocycles. The topological polar surface area (TPSA) is 86.8 Å². The van der Waals surface area contributed by atoms with Gasteiger partial charge in [0.2, 0.25) is 11.9 Å². The highest BCUT2D eigenvalue weighted by molar-refractivity contribution is 7.13. The maximum atomic E-state index is 12.5. The Hall–Kier alpha value is -2.74. The Bertz CT molecular complexity index is 957. The first kappa shape index (κ1) is 17.7. The summed E-state index contributed by atoms with van der Waals surface area (Å²) >= 11 is 1.46. The average Bonchev–Trinajstić information content (AvgIpc) is 3.32. The van der Waals surface area contributed by atoms with Gasteiger partial charge in [-0.15, -0.1) is 16.4 Å². The van der Waals surface area contributed by atoms with Crippen molar-refractivity contribution in [3.63, 3.8) is 0 Å². The van der Waals surface area contributed by atoms with E-state index in [0.717, 1.165) is 42.1 Å². The van der Waals surface area contributed by atoms with E-state index in [0.29, 0.717) is 17.6 Å². The molecule has 0 bridgehead atoms. The lowest BCUT2D eigenvalue weighted by molar-refractivity contribution is 0.102. The summed E-state index contributed by atoms with van der Waals surface area (Å²) in [4.78, 5) is 23.5. The minimum absolute atomic E-state index is 0.288. The van der Waals surface area contributed by atoms with Crippen LogP contribution in [-0.4, -0.2) is 39.2 Å². The Morgan fingerprint density at radius 1 is 1.19 bits per heavy atom. The number of rotatable bonds is 4. The molecule has 7 nitrogen and oxygen atoms in total. The Kier molecular flexibility index (Phi) is 4.89. The lowest BCUT2D eigenvalue weighted by Gasteiger charge is -2.24. The number of hydrogen-bond acceptors (Lipinski definition) is 6. The van der Waals surface area contributed by atoms with E-state index in [4.69, 9.17) is 0 Å². The molecule has 27 heavy (non-hydrogen) atoms. The summed E-state index contributed by atoms with van der Waals surface area (Å²) in [5.74, 6) is 0.699. The molecule has 0 unspecified atom stereocenters. The van der Waals surface area contributed by atoms with Crippen LogP contribution in [0.5, 0.6) is 0 Å². The van der Waals surface area contributed by atoms with E-state index < -0.39 is 0 Å². The first-order valence-corrected chi connectivity index (χ1v) is 10.00. The molecule has 8 heteroatoms. The lowest BCUT2D eigenvalue weighted by Crippen LogP contribution is -2.30. The number of aromatic amines is 1. The zero-order valence-electron chi connectivity index (χ0n) is 15.5. The number of aryl methyl sites for hydroxylation is 2. The third-order valence-electron chi connectivity index (χ3n) is 4.69. The first-order valence-electron chi connectivity index (χ1n) is 9.12. The minimum Gasteiger partial charge on any atom is -0.340 e. The molecule has 0 spiro atoms. The van der Waals surface area contributed by atoms with Gasteiger partial charge in [-0.25, -0.2) is 10.1 Å². The van der Waals surface area contributed by atoms with Crippen LogP contribution in [0.25, 0.3) is 10.6 Å². The van der Waals surface area contributed by atoms with Crippen molar-refractivity contribution in [2.24, 2.45) is 0 Å². The van der Waals surface area contributed by atoms with Crippen LogP contribution >= 0.6 is 11.3 Å². The van der Waals surface area contributed by atoms with Gasteiger partial charge in [0.25, 0.3) is 5.91 Å². The lowest BCUT2D eigenvalue weighted by atomic mass is 10.1. The number of amides is 1. The van der Waals surface area contributed by atoms with Crippen LogP contribution in [0.1, 0.15) is 40.9 Å². The summed E-state index contributed by atoms with van der Waals surface area (Å²) in [6.45, 7) is 6.03. The molecule has 0 radical (unpaired) electrons. The van der Waals surface area contributed by atoms with Gasteiger partial charge in [0.15, 0.2) is 0 Å². The van der Waals surface area contributed by atoms with Crippen molar-refractivity contribution >= 4 is 29.1 Å².